The average molecular weight is 532 g/mol. The van der Waals surface area contributed by atoms with E-state index in [9.17, 15) is 18.8 Å². The first-order valence-electron chi connectivity index (χ1n) is 11.9. The summed E-state index contributed by atoms with van der Waals surface area (Å²) in [5, 5.41) is 0.940. The molecule has 0 bridgehead atoms. The number of rotatable bonds is 7. The highest BCUT2D eigenvalue weighted by molar-refractivity contribution is 5.90. The number of alkyl halides is 1. The van der Waals surface area contributed by atoms with Gasteiger partial charge in [0.25, 0.3) is 5.56 Å². The van der Waals surface area contributed by atoms with Crippen LogP contribution < -0.4 is 16.0 Å². The van der Waals surface area contributed by atoms with Crippen LogP contribution in [0.1, 0.15) is 42.5 Å². The lowest BCUT2D eigenvalue weighted by molar-refractivity contribution is -0.189. The molecule has 0 saturated carbocycles. The number of hydrogen-bond donors (Lipinski definition) is 1. The number of nitrogens with two attached hydrogens (primary N) is 1. The normalized spacial score (nSPS) is 17.4. The zero-order valence-corrected chi connectivity index (χ0v) is 21.3. The molecule has 0 saturated heterocycles. The fourth-order valence-corrected chi connectivity index (χ4v) is 5.21. The third kappa shape index (κ3) is 4.04. The second-order valence-corrected chi connectivity index (χ2v) is 8.72. The highest BCUT2D eigenvalue weighted by Crippen LogP contribution is 2.42. The van der Waals surface area contributed by atoms with Gasteiger partial charge in [0.05, 0.1) is 48.8 Å². The van der Waals surface area contributed by atoms with Crippen molar-refractivity contribution in [2.75, 3.05) is 19.8 Å². The summed E-state index contributed by atoms with van der Waals surface area (Å²) in [5.41, 5.74) is 6.90. The van der Waals surface area contributed by atoms with Crippen molar-refractivity contribution in [3.8, 4) is 17.1 Å². The van der Waals surface area contributed by atoms with Crippen molar-refractivity contribution in [1.82, 2.24) is 9.55 Å². The minimum atomic E-state index is -2.09. The molecule has 196 valence electrons. The van der Waals surface area contributed by atoms with E-state index in [1.807, 2.05) is 32.0 Å². The van der Waals surface area contributed by atoms with Gasteiger partial charge in [0.2, 0.25) is 5.60 Å². The number of benzene rings is 1. The van der Waals surface area contributed by atoms with Crippen LogP contribution in [0.3, 0.4) is 0 Å². The molecule has 0 fully saturated rings. The number of aromatic nitrogens is 2. The Balaban J connectivity index is 0.00000320. The number of halogens is 2. The molecule has 0 spiro atoms. The van der Waals surface area contributed by atoms with Gasteiger partial charge in [0, 0.05) is 22.9 Å². The molecule has 0 aliphatic carbocycles. The standard InChI is InChI=1S/C26H26FN3O6.ClH/c1-3-15-16-9-14(34-4-2)5-6-20(16)29-23-17(15)12-30-21(23)10-19-18(24(30)32)13-35-25(33)26(19,7-8-27)36-22(31)11-28;/h5-6,9-10H,3-4,7-8,11-13,28H2,1-2H3;1H. The zero-order valence-electron chi connectivity index (χ0n) is 20.5. The Kier molecular flexibility index (Phi) is 7.25. The van der Waals surface area contributed by atoms with Crippen LogP contribution in [0.5, 0.6) is 5.75 Å². The largest absolute Gasteiger partial charge is 0.494 e. The maximum atomic E-state index is 13.7. The molecule has 1 atom stereocenters. The zero-order chi connectivity index (χ0) is 25.6. The predicted molar refractivity (Wildman–Crippen MR) is 136 cm³/mol. The number of esters is 2. The van der Waals surface area contributed by atoms with Gasteiger partial charge in [-0.3, -0.25) is 14.0 Å². The van der Waals surface area contributed by atoms with Gasteiger partial charge in [-0.1, -0.05) is 6.92 Å². The van der Waals surface area contributed by atoms with Gasteiger partial charge in [-0.25, -0.2) is 9.78 Å². The van der Waals surface area contributed by atoms with E-state index in [0.29, 0.717) is 24.4 Å². The lowest BCUT2D eigenvalue weighted by atomic mass is 9.85. The fourth-order valence-electron chi connectivity index (χ4n) is 5.21. The summed E-state index contributed by atoms with van der Waals surface area (Å²) in [6, 6.07) is 7.27. The number of cyclic esters (lactones) is 1. The van der Waals surface area contributed by atoms with Gasteiger partial charge in [-0.05, 0) is 43.2 Å². The van der Waals surface area contributed by atoms with Gasteiger partial charge in [0.1, 0.15) is 12.4 Å². The van der Waals surface area contributed by atoms with Gasteiger partial charge >= 0.3 is 11.9 Å². The highest BCUT2D eigenvalue weighted by Gasteiger charge is 2.51. The molecule has 4 heterocycles. The molecule has 9 nitrogen and oxygen atoms in total. The quantitative estimate of drug-likeness (QED) is 0.361. The topological polar surface area (TPSA) is 123 Å². The number of fused-ring (bicyclic) bond motifs is 5. The number of pyridine rings is 2. The van der Waals surface area contributed by atoms with Crippen LogP contribution >= 0.6 is 12.4 Å². The molecule has 5 rings (SSSR count). The molecule has 1 unspecified atom stereocenters. The van der Waals surface area contributed by atoms with E-state index in [2.05, 4.69) is 0 Å². The molecule has 2 aliphatic rings. The second-order valence-electron chi connectivity index (χ2n) is 8.72. The minimum Gasteiger partial charge on any atom is -0.494 e. The number of nitrogens with zero attached hydrogens (tertiary/aromatic N) is 2. The van der Waals surface area contributed by atoms with Crippen molar-refractivity contribution in [1.29, 1.82) is 0 Å². The van der Waals surface area contributed by atoms with Gasteiger partial charge in [-0.2, -0.15) is 0 Å². The van der Waals surface area contributed by atoms with E-state index in [4.69, 9.17) is 24.9 Å². The van der Waals surface area contributed by atoms with Crippen molar-refractivity contribution >= 4 is 35.2 Å². The average Bonchev–Trinajstić information content (AvgIpc) is 3.24. The Hall–Kier alpha value is -3.50. The molecular formula is C26H27ClFN3O6. The van der Waals surface area contributed by atoms with Crippen molar-refractivity contribution in [3.05, 3.63) is 56.9 Å². The Morgan fingerprint density at radius 3 is 2.70 bits per heavy atom. The second kappa shape index (κ2) is 10.1. The van der Waals surface area contributed by atoms with Gasteiger partial charge in [0.15, 0.2) is 0 Å². The fraction of sp³-hybridized carbons (Fsp3) is 0.385. The Morgan fingerprint density at radius 1 is 1.24 bits per heavy atom. The number of carbonyl (C=O) groups excluding carboxylic acids is 2. The van der Waals surface area contributed by atoms with E-state index in [1.165, 1.54) is 0 Å². The molecular weight excluding hydrogens is 505 g/mol. The Labute approximate surface area is 218 Å². The number of carbonyl (C=O) groups is 2. The number of hydrogen-bond acceptors (Lipinski definition) is 8. The van der Waals surface area contributed by atoms with E-state index >= 15 is 0 Å². The van der Waals surface area contributed by atoms with E-state index < -0.39 is 42.7 Å². The summed E-state index contributed by atoms with van der Waals surface area (Å²) in [4.78, 5) is 43.5. The van der Waals surface area contributed by atoms with E-state index in [0.717, 1.165) is 27.8 Å². The molecule has 2 N–H and O–H groups in total. The summed E-state index contributed by atoms with van der Waals surface area (Å²) >= 11 is 0. The smallest absolute Gasteiger partial charge is 0.355 e. The first-order chi connectivity index (χ1) is 17.4. The van der Waals surface area contributed by atoms with Crippen LogP contribution in [0.25, 0.3) is 22.3 Å². The molecule has 3 aromatic rings. The SMILES string of the molecule is CCOc1ccc2nc3c(c(CC)c2c1)Cn1c-3cc2c(c1=O)COC(=O)C2(CCF)OC(=O)CN.Cl. The van der Waals surface area contributed by atoms with Gasteiger partial charge in [-0.15, -0.1) is 12.4 Å². The lowest BCUT2D eigenvalue weighted by Crippen LogP contribution is -2.49. The van der Waals surface area contributed by atoms with Crippen LogP contribution in [0, 0.1) is 0 Å². The van der Waals surface area contributed by atoms with Crippen molar-refractivity contribution in [3.63, 3.8) is 0 Å². The number of aryl methyl sites for hydroxylation is 1. The number of ether oxygens (including phenoxy) is 3. The van der Waals surface area contributed by atoms with Gasteiger partial charge < -0.3 is 24.5 Å². The maximum Gasteiger partial charge on any atom is 0.355 e. The predicted octanol–water partition coefficient (Wildman–Crippen LogP) is 2.92. The summed E-state index contributed by atoms with van der Waals surface area (Å²) in [5.74, 6) is -1.10. The summed E-state index contributed by atoms with van der Waals surface area (Å²) < 4.78 is 31.5. The van der Waals surface area contributed by atoms with Crippen LogP contribution in [0.2, 0.25) is 0 Å². The monoisotopic (exact) mass is 531 g/mol. The van der Waals surface area contributed by atoms with Crippen molar-refractivity contribution in [2.45, 2.75) is 45.4 Å². The molecule has 0 amide bonds. The van der Waals surface area contributed by atoms with Crippen molar-refractivity contribution in [2.24, 2.45) is 5.73 Å². The van der Waals surface area contributed by atoms with Crippen LogP contribution in [-0.2, 0) is 44.2 Å². The van der Waals surface area contributed by atoms with Crippen LogP contribution in [0.4, 0.5) is 4.39 Å². The lowest BCUT2D eigenvalue weighted by Gasteiger charge is -2.35. The van der Waals surface area contributed by atoms with E-state index in [1.54, 1.807) is 10.6 Å². The molecule has 1 aromatic carbocycles. The molecule has 0 radical (unpaired) electrons. The first-order valence-corrected chi connectivity index (χ1v) is 11.9. The molecule has 2 aliphatic heterocycles. The summed E-state index contributed by atoms with van der Waals surface area (Å²) in [6.07, 6.45) is 0.201. The Morgan fingerprint density at radius 2 is 2.03 bits per heavy atom. The third-order valence-corrected chi connectivity index (χ3v) is 6.81. The van der Waals surface area contributed by atoms with Crippen LogP contribution in [0.15, 0.2) is 29.1 Å². The summed E-state index contributed by atoms with van der Waals surface area (Å²) in [6.45, 7) is 2.98. The highest BCUT2D eigenvalue weighted by atomic mass is 35.5. The molecule has 11 heteroatoms. The maximum absolute atomic E-state index is 13.7. The van der Waals surface area contributed by atoms with Crippen molar-refractivity contribution < 1.29 is 28.2 Å². The Bertz CT molecular complexity index is 1470. The van der Waals surface area contributed by atoms with Crippen LogP contribution in [-0.4, -0.2) is 41.3 Å². The summed E-state index contributed by atoms with van der Waals surface area (Å²) in [7, 11) is 0. The molecule has 2 aromatic heterocycles. The minimum absolute atomic E-state index is 0. The molecule has 37 heavy (non-hydrogen) atoms. The third-order valence-electron chi connectivity index (χ3n) is 6.81. The first kappa shape index (κ1) is 26.6. The van der Waals surface area contributed by atoms with E-state index in [-0.39, 0.29) is 36.7 Å².